The number of nitrogens with zero attached hydrogens (tertiary/aromatic N) is 3. The zero-order chi connectivity index (χ0) is 19.1. The largest absolute Gasteiger partial charge is 0.476 e. The average Bonchev–Trinajstić information content (AvgIpc) is 3.00. The van der Waals surface area contributed by atoms with Gasteiger partial charge >= 0.3 is 12.1 Å². The van der Waals surface area contributed by atoms with Gasteiger partial charge in [0.15, 0.2) is 11.5 Å². The van der Waals surface area contributed by atoms with E-state index in [2.05, 4.69) is 10.1 Å². The van der Waals surface area contributed by atoms with Crippen molar-refractivity contribution in [2.75, 3.05) is 0 Å². The second-order valence-electron chi connectivity index (χ2n) is 5.13. The van der Waals surface area contributed by atoms with Crippen LogP contribution in [0.4, 0.5) is 22.0 Å². The monoisotopic (exact) mass is 369 g/mol. The zero-order valence-electron chi connectivity index (χ0n) is 12.6. The third kappa shape index (κ3) is 3.01. The number of hydrogen-bond acceptors (Lipinski definition) is 3. The molecule has 0 fully saturated rings. The van der Waals surface area contributed by atoms with E-state index in [0.29, 0.717) is 10.7 Å². The Bertz CT molecular complexity index is 984. The summed E-state index contributed by atoms with van der Waals surface area (Å²) in [5, 5.41) is 12.7. The maximum absolute atomic E-state index is 14.4. The van der Waals surface area contributed by atoms with E-state index in [1.807, 2.05) is 0 Å². The molecule has 134 valence electrons. The summed E-state index contributed by atoms with van der Waals surface area (Å²) in [5.41, 5.74) is -3.09. The number of hydrogen-bond donors (Lipinski definition) is 1. The molecule has 0 saturated carbocycles. The van der Waals surface area contributed by atoms with Crippen molar-refractivity contribution in [3.8, 4) is 16.9 Å². The van der Waals surface area contributed by atoms with Gasteiger partial charge in [-0.3, -0.25) is 4.98 Å². The second kappa shape index (κ2) is 6.21. The molecular weight excluding hydrogens is 361 g/mol. The molecule has 0 unspecified atom stereocenters. The lowest BCUT2D eigenvalue weighted by atomic mass is 10.1. The number of carboxylic acid groups (broad SMARTS) is 1. The summed E-state index contributed by atoms with van der Waals surface area (Å²) in [6.07, 6.45) is -2.56. The van der Waals surface area contributed by atoms with E-state index < -0.39 is 40.7 Å². The first-order valence-corrected chi connectivity index (χ1v) is 6.99. The molecule has 0 aliphatic heterocycles. The number of carbonyl (C=O) groups is 1. The number of aromatic carboxylic acids is 1. The molecule has 1 aromatic carbocycles. The highest BCUT2D eigenvalue weighted by Crippen LogP contribution is 2.36. The first-order valence-electron chi connectivity index (χ1n) is 6.99. The minimum Gasteiger partial charge on any atom is -0.476 e. The smallest absolute Gasteiger partial charge is 0.422 e. The number of rotatable bonds is 3. The van der Waals surface area contributed by atoms with E-state index >= 15 is 0 Å². The molecule has 0 amide bonds. The number of aromatic nitrogens is 3. The number of halogens is 5. The standard InChI is InChI=1S/C16H8F5N3O2/c17-9-3-4-11(14(18)13(9)16(19,20)21)24-12(6-10(23-24)15(25)26)8-2-1-5-22-7-8/h1-7H,(H,25,26). The summed E-state index contributed by atoms with van der Waals surface area (Å²) >= 11 is 0. The van der Waals surface area contributed by atoms with Crippen LogP contribution in [0.5, 0.6) is 0 Å². The fourth-order valence-electron chi connectivity index (χ4n) is 2.35. The Kier molecular flexibility index (Phi) is 4.18. The molecule has 0 aliphatic rings. The predicted octanol–water partition coefficient (Wildman–Crippen LogP) is 3.93. The minimum atomic E-state index is -5.28. The van der Waals surface area contributed by atoms with Crippen LogP contribution in [0.25, 0.3) is 16.9 Å². The first-order chi connectivity index (χ1) is 12.2. The Morgan fingerprint density at radius 3 is 2.46 bits per heavy atom. The van der Waals surface area contributed by atoms with Gasteiger partial charge in [0.05, 0.1) is 5.69 Å². The number of alkyl halides is 3. The summed E-state index contributed by atoms with van der Waals surface area (Å²) in [6, 6.07) is 5.22. The lowest BCUT2D eigenvalue weighted by Gasteiger charge is -2.14. The van der Waals surface area contributed by atoms with Crippen LogP contribution in [0.2, 0.25) is 0 Å². The maximum atomic E-state index is 14.4. The molecule has 0 atom stereocenters. The Morgan fingerprint density at radius 2 is 1.88 bits per heavy atom. The lowest BCUT2D eigenvalue weighted by Crippen LogP contribution is -2.15. The van der Waals surface area contributed by atoms with Gasteiger partial charge in [0.2, 0.25) is 0 Å². The molecule has 2 heterocycles. The summed E-state index contributed by atoms with van der Waals surface area (Å²) in [5.74, 6) is -5.15. The molecule has 3 aromatic rings. The van der Waals surface area contributed by atoms with E-state index in [0.717, 1.165) is 12.1 Å². The number of pyridine rings is 1. The molecular formula is C16H8F5N3O2. The molecule has 3 rings (SSSR count). The fourth-order valence-corrected chi connectivity index (χ4v) is 2.35. The number of carboxylic acids is 1. The Morgan fingerprint density at radius 1 is 1.15 bits per heavy atom. The summed E-state index contributed by atoms with van der Waals surface area (Å²) < 4.78 is 67.5. The summed E-state index contributed by atoms with van der Waals surface area (Å²) in [4.78, 5) is 15.0. The van der Waals surface area contributed by atoms with Crippen LogP contribution < -0.4 is 0 Å². The highest BCUT2D eigenvalue weighted by atomic mass is 19.4. The van der Waals surface area contributed by atoms with E-state index in [-0.39, 0.29) is 11.3 Å². The van der Waals surface area contributed by atoms with Crippen LogP contribution in [0.1, 0.15) is 16.1 Å². The normalized spacial score (nSPS) is 11.6. The quantitative estimate of drug-likeness (QED) is 0.711. The number of benzene rings is 1. The van der Waals surface area contributed by atoms with E-state index in [9.17, 15) is 26.7 Å². The van der Waals surface area contributed by atoms with Gasteiger partial charge in [0.1, 0.15) is 17.1 Å². The van der Waals surface area contributed by atoms with Crippen molar-refractivity contribution < 1.29 is 31.9 Å². The highest BCUT2D eigenvalue weighted by Gasteiger charge is 2.39. The van der Waals surface area contributed by atoms with Gasteiger partial charge in [0.25, 0.3) is 0 Å². The SMILES string of the molecule is O=C(O)c1cc(-c2cccnc2)n(-c2ccc(F)c(C(F)(F)F)c2F)n1. The van der Waals surface area contributed by atoms with E-state index in [1.54, 1.807) is 0 Å². The van der Waals surface area contributed by atoms with Crippen molar-refractivity contribution in [2.24, 2.45) is 0 Å². The second-order valence-corrected chi connectivity index (χ2v) is 5.13. The fraction of sp³-hybridized carbons (Fsp3) is 0.0625. The lowest BCUT2D eigenvalue weighted by molar-refractivity contribution is -0.142. The van der Waals surface area contributed by atoms with Crippen molar-refractivity contribution in [2.45, 2.75) is 6.18 Å². The Labute approximate surface area is 142 Å². The highest BCUT2D eigenvalue weighted by molar-refractivity contribution is 5.87. The molecule has 10 heteroatoms. The van der Waals surface area contributed by atoms with Crippen LogP contribution in [0, 0.1) is 11.6 Å². The van der Waals surface area contributed by atoms with Gasteiger partial charge in [-0.2, -0.15) is 18.3 Å². The molecule has 5 nitrogen and oxygen atoms in total. The molecule has 0 spiro atoms. The topological polar surface area (TPSA) is 68.0 Å². The first kappa shape index (κ1) is 17.5. The molecule has 0 aliphatic carbocycles. The zero-order valence-corrected chi connectivity index (χ0v) is 12.6. The van der Waals surface area contributed by atoms with Crippen molar-refractivity contribution in [1.29, 1.82) is 0 Å². The van der Waals surface area contributed by atoms with Crippen LogP contribution in [0.15, 0.2) is 42.7 Å². The van der Waals surface area contributed by atoms with Gasteiger partial charge in [-0.15, -0.1) is 0 Å². The van der Waals surface area contributed by atoms with Gasteiger partial charge in [-0.1, -0.05) is 0 Å². The summed E-state index contributed by atoms with van der Waals surface area (Å²) in [7, 11) is 0. The average molecular weight is 369 g/mol. The predicted molar refractivity (Wildman–Crippen MR) is 78.7 cm³/mol. The molecule has 0 radical (unpaired) electrons. The van der Waals surface area contributed by atoms with Crippen molar-refractivity contribution in [3.05, 3.63) is 65.6 Å². The van der Waals surface area contributed by atoms with Gasteiger partial charge in [-0.25, -0.2) is 18.3 Å². The molecule has 1 N–H and O–H groups in total. The van der Waals surface area contributed by atoms with Crippen LogP contribution >= 0.6 is 0 Å². The third-order valence-electron chi connectivity index (χ3n) is 3.47. The van der Waals surface area contributed by atoms with E-state index in [4.69, 9.17) is 5.11 Å². The van der Waals surface area contributed by atoms with Crippen molar-refractivity contribution >= 4 is 5.97 Å². The van der Waals surface area contributed by atoms with Crippen molar-refractivity contribution in [1.82, 2.24) is 14.8 Å². The van der Waals surface area contributed by atoms with Crippen molar-refractivity contribution in [3.63, 3.8) is 0 Å². The van der Waals surface area contributed by atoms with E-state index in [1.165, 1.54) is 24.5 Å². The molecule has 0 saturated heterocycles. The van der Waals surface area contributed by atoms with Gasteiger partial charge in [-0.05, 0) is 30.3 Å². The maximum Gasteiger partial charge on any atom is 0.422 e. The van der Waals surface area contributed by atoms with Gasteiger partial charge < -0.3 is 5.11 Å². The van der Waals surface area contributed by atoms with Crippen LogP contribution in [0.3, 0.4) is 0 Å². The summed E-state index contributed by atoms with van der Waals surface area (Å²) in [6.45, 7) is 0. The van der Waals surface area contributed by atoms with Gasteiger partial charge in [0, 0.05) is 18.0 Å². The molecule has 26 heavy (non-hydrogen) atoms. The minimum absolute atomic E-state index is 0.0193. The molecule has 0 bridgehead atoms. The Balaban J connectivity index is 2.30. The third-order valence-corrected chi connectivity index (χ3v) is 3.47. The van der Waals surface area contributed by atoms with Crippen LogP contribution in [-0.2, 0) is 6.18 Å². The van der Waals surface area contributed by atoms with Crippen LogP contribution in [-0.4, -0.2) is 25.8 Å². The Hall–Kier alpha value is -3.30. The molecule has 2 aromatic heterocycles.